The molecule has 0 aliphatic carbocycles. The molecule has 13 heavy (non-hydrogen) atoms. The van der Waals surface area contributed by atoms with Gasteiger partial charge < -0.3 is 10.0 Å². The van der Waals surface area contributed by atoms with Crippen molar-refractivity contribution in [3.05, 3.63) is 12.2 Å². The number of carbonyl (C=O) groups is 1. The summed E-state index contributed by atoms with van der Waals surface area (Å²) in [5, 5.41) is 8.90. The second kappa shape index (κ2) is 5.02. The Hall–Kier alpha value is -0.830. The minimum atomic E-state index is 0.0962. The lowest BCUT2D eigenvalue weighted by Crippen LogP contribution is -2.38. The number of hydrogen-bond donors (Lipinski definition) is 1. The molecule has 0 spiro atoms. The van der Waals surface area contributed by atoms with Crippen molar-refractivity contribution in [1.29, 1.82) is 0 Å². The second-order valence-electron chi connectivity index (χ2n) is 3.45. The van der Waals surface area contributed by atoms with E-state index >= 15 is 0 Å². The van der Waals surface area contributed by atoms with Gasteiger partial charge >= 0.3 is 0 Å². The van der Waals surface area contributed by atoms with Crippen LogP contribution in [0.1, 0.15) is 19.8 Å². The van der Waals surface area contributed by atoms with Crippen LogP contribution < -0.4 is 0 Å². The van der Waals surface area contributed by atoms with Crippen LogP contribution in [-0.2, 0) is 4.79 Å². The molecule has 1 N–H and O–H groups in total. The lowest BCUT2D eigenvalue weighted by atomic mass is 9.98. The summed E-state index contributed by atoms with van der Waals surface area (Å²) in [7, 11) is 0. The molecular weight excluding hydrogens is 166 g/mol. The van der Waals surface area contributed by atoms with Crippen LogP contribution >= 0.6 is 0 Å². The van der Waals surface area contributed by atoms with Crippen molar-refractivity contribution >= 4 is 5.91 Å². The normalized spacial score (nSPS) is 19.7. The van der Waals surface area contributed by atoms with Crippen molar-refractivity contribution in [2.75, 3.05) is 19.7 Å². The Morgan fingerprint density at radius 3 is 2.62 bits per heavy atom. The Bertz CT molecular complexity index is 193. The molecule has 0 aromatic rings. The van der Waals surface area contributed by atoms with Crippen LogP contribution in [0.3, 0.4) is 0 Å². The van der Waals surface area contributed by atoms with Gasteiger partial charge in [0.05, 0.1) is 0 Å². The van der Waals surface area contributed by atoms with E-state index in [0.717, 1.165) is 25.9 Å². The van der Waals surface area contributed by atoms with E-state index < -0.39 is 0 Å². The Morgan fingerprint density at radius 2 is 2.15 bits per heavy atom. The number of nitrogens with zero attached hydrogens (tertiary/aromatic N) is 1. The number of aliphatic hydroxyl groups is 1. The standard InChI is InChI=1S/C10H17NO2/c1-2-3-10(13)11-6-4-9(8-12)5-7-11/h2-3,9,12H,4-8H2,1H3. The maximum Gasteiger partial charge on any atom is 0.246 e. The van der Waals surface area contributed by atoms with Gasteiger partial charge in [0, 0.05) is 19.7 Å². The van der Waals surface area contributed by atoms with Crippen molar-refractivity contribution < 1.29 is 9.90 Å². The van der Waals surface area contributed by atoms with Gasteiger partial charge in [-0.15, -0.1) is 0 Å². The van der Waals surface area contributed by atoms with Crippen LogP contribution in [0.2, 0.25) is 0 Å². The summed E-state index contributed by atoms with van der Waals surface area (Å²) in [5.41, 5.74) is 0. The summed E-state index contributed by atoms with van der Waals surface area (Å²) in [4.78, 5) is 13.2. The molecule has 0 saturated carbocycles. The lowest BCUT2D eigenvalue weighted by Gasteiger charge is -2.30. The highest BCUT2D eigenvalue weighted by atomic mass is 16.3. The van der Waals surface area contributed by atoms with Crippen molar-refractivity contribution in [3.63, 3.8) is 0 Å². The SMILES string of the molecule is CC=CC(=O)N1CCC(CO)CC1. The van der Waals surface area contributed by atoms with Crippen molar-refractivity contribution in [2.24, 2.45) is 5.92 Å². The first-order valence-corrected chi connectivity index (χ1v) is 4.80. The zero-order chi connectivity index (χ0) is 9.68. The third-order valence-corrected chi connectivity index (χ3v) is 2.49. The number of rotatable bonds is 2. The average molecular weight is 183 g/mol. The van der Waals surface area contributed by atoms with E-state index in [9.17, 15) is 4.79 Å². The molecule has 1 saturated heterocycles. The van der Waals surface area contributed by atoms with Crippen LogP contribution in [0.15, 0.2) is 12.2 Å². The van der Waals surface area contributed by atoms with Crippen LogP contribution in [0, 0.1) is 5.92 Å². The first-order chi connectivity index (χ1) is 6.27. The van der Waals surface area contributed by atoms with Gasteiger partial charge in [0.25, 0.3) is 0 Å². The predicted octanol–water partition coefficient (Wildman–Crippen LogP) is 0.793. The molecule has 1 fully saturated rings. The highest BCUT2D eigenvalue weighted by molar-refractivity contribution is 5.87. The molecule has 0 atom stereocenters. The molecule has 1 aliphatic rings. The van der Waals surface area contributed by atoms with E-state index in [1.165, 1.54) is 0 Å². The van der Waals surface area contributed by atoms with Gasteiger partial charge in [0.15, 0.2) is 0 Å². The highest BCUT2D eigenvalue weighted by Gasteiger charge is 2.20. The summed E-state index contributed by atoms with van der Waals surface area (Å²) >= 11 is 0. The van der Waals surface area contributed by atoms with Gasteiger partial charge in [0.1, 0.15) is 0 Å². The quantitative estimate of drug-likeness (QED) is 0.643. The van der Waals surface area contributed by atoms with Gasteiger partial charge in [0.2, 0.25) is 5.91 Å². The first-order valence-electron chi connectivity index (χ1n) is 4.80. The number of aliphatic hydroxyl groups excluding tert-OH is 1. The molecule has 0 radical (unpaired) electrons. The van der Waals surface area contributed by atoms with E-state index in [2.05, 4.69) is 0 Å². The van der Waals surface area contributed by atoms with Gasteiger partial charge in [-0.1, -0.05) is 6.08 Å². The predicted molar refractivity (Wildman–Crippen MR) is 51.2 cm³/mol. The van der Waals surface area contributed by atoms with Gasteiger partial charge in [-0.2, -0.15) is 0 Å². The molecule has 74 valence electrons. The molecule has 1 amide bonds. The molecule has 0 aromatic heterocycles. The topological polar surface area (TPSA) is 40.5 Å². The number of carbonyl (C=O) groups excluding carboxylic acids is 1. The maximum atomic E-state index is 11.4. The van der Waals surface area contributed by atoms with Gasteiger partial charge in [-0.05, 0) is 31.8 Å². The van der Waals surface area contributed by atoms with Crippen LogP contribution in [0.5, 0.6) is 0 Å². The Morgan fingerprint density at radius 1 is 1.54 bits per heavy atom. The average Bonchev–Trinajstić information content (AvgIpc) is 2.18. The minimum Gasteiger partial charge on any atom is -0.396 e. The molecule has 0 bridgehead atoms. The van der Waals surface area contributed by atoms with Crippen LogP contribution in [-0.4, -0.2) is 35.6 Å². The summed E-state index contributed by atoms with van der Waals surface area (Å²) in [6, 6.07) is 0. The molecule has 1 heterocycles. The van der Waals surface area contributed by atoms with E-state index in [-0.39, 0.29) is 12.5 Å². The lowest BCUT2D eigenvalue weighted by molar-refractivity contribution is -0.127. The Kier molecular flexibility index (Phi) is 3.96. The summed E-state index contributed by atoms with van der Waals surface area (Å²) in [6.45, 7) is 3.67. The number of allylic oxidation sites excluding steroid dienone is 1. The number of hydrogen-bond acceptors (Lipinski definition) is 2. The molecule has 0 aromatic carbocycles. The smallest absolute Gasteiger partial charge is 0.246 e. The maximum absolute atomic E-state index is 11.4. The molecule has 1 aliphatic heterocycles. The number of likely N-dealkylation sites (tertiary alicyclic amines) is 1. The summed E-state index contributed by atoms with van der Waals surface area (Å²) in [6.07, 6.45) is 5.22. The fourth-order valence-electron chi connectivity index (χ4n) is 1.58. The molecular formula is C10H17NO2. The minimum absolute atomic E-state index is 0.0962. The number of piperidine rings is 1. The second-order valence-corrected chi connectivity index (χ2v) is 3.45. The first kappa shape index (κ1) is 10.3. The third kappa shape index (κ3) is 2.84. The third-order valence-electron chi connectivity index (χ3n) is 2.49. The molecule has 3 heteroatoms. The molecule has 3 nitrogen and oxygen atoms in total. The largest absolute Gasteiger partial charge is 0.396 e. The van der Waals surface area contributed by atoms with Crippen molar-refractivity contribution in [3.8, 4) is 0 Å². The van der Waals surface area contributed by atoms with E-state index in [4.69, 9.17) is 5.11 Å². The summed E-state index contributed by atoms with van der Waals surface area (Å²) in [5.74, 6) is 0.494. The number of amides is 1. The monoisotopic (exact) mass is 183 g/mol. The Balaban J connectivity index is 2.36. The van der Waals surface area contributed by atoms with E-state index in [1.54, 1.807) is 12.2 Å². The van der Waals surface area contributed by atoms with Gasteiger partial charge in [-0.3, -0.25) is 4.79 Å². The molecule has 0 unspecified atom stereocenters. The van der Waals surface area contributed by atoms with Crippen molar-refractivity contribution in [1.82, 2.24) is 4.90 Å². The zero-order valence-corrected chi connectivity index (χ0v) is 8.07. The Labute approximate surface area is 79.0 Å². The van der Waals surface area contributed by atoms with Crippen LogP contribution in [0.25, 0.3) is 0 Å². The zero-order valence-electron chi connectivity index (χ0n) is 8.07. The fraction of sp³-hybridized carbons (Fsp3) is 0.700. The fourth-order valence-corrected chi connectivity index (χ4v) is 1.58. The van der Waals surface area contributed by atoms with E-state index in [0.29, 0.717) is 5.92 Å². The van der Waals surface area contributed by atoms with E-state index in [1.807, 2.05) is 11.8 Å². The van der Waals surface area contributed by atoms with Crippen LogP contribution in [0.4, 0.5) is 0 Å². The van der Waals surface area contributed by atoms with Crippen molar-refractivity contribution in [2.45, 2.75) is 19.8 Å². The summed E-state index contributed by atoms with van der Waals surface area (Å²) < 4.78 is 0. The molecule has 1 rings (SSSR count). The highest BCUT2D eigenvalue weighted by Crippen LogP contribution is 2.16. The van der Waals surface area contributed by atoms with Gasteiger partial charge in [-0.25, -0.2) is 0 Å².